The van der Waals surface area contributed by atoms with Crippen LogP contribution in [-0.4, -0.2) is 20.3 Å². The largest absolute Gasteiger partial charge is 0.466 e. The Hall–Kier alpha value is -1.80. The van der Waals surface area contributed by atoms with Crippen molar-refractivity contribution in [1.82, 2.24) is 0 Å². The highest BCUT2D eigenvalue weighted by molar-refractivity contribution is 7.96. The molecule has 0 bridgehead atoms. The standard InChI is InChI=1S/C24H26P.H3O4P/c1-5-13-21(14-6-1)25(22-15-7-2-8-16-22,23-17-9-3-10-18-23)24-19-11-4-12-20-24;1-5(2,3)4/h1-3,5-10,13-18,24H,4,11-12,19-20H2;(H3,1,2,3,4)/q+1;. The first kappa shape index (κ1) is 22.9. The van der Waals surface area contributed by atoms with Gasteiger partial charge in [0.15, 0.2) is 0 Å². The SMILES string of the molecule is O=P(O)(O)O.c1ccc([P+](c2ccccc2)(c2ccccc2)C2CCCCC2)cc1. The zero-order valence-electron chi connectivity index (χ0n) is 16.9. The van der Waals surface area contributed by atoms with E-state index in [0.717, 1.165) is 5.66 Å². The van der Waals surface area contributed by atoms with Gasteiger partial charge in [0, 0.05) is 0 Å². The van der Waals surface area contributed by atoms with Crippen molar-refractivity contribution >= 4 is 31.0 Å². The monoisotopic (exact) mass is 443 g/mol. The van der Waals surface area contributed by atoms with Crippen LogP contribution in [0.15, 0.2) is 91.0 Å². The molecule has 3 aromatic rings. The molecule has 0 amide bonds. The molecule has 4 rings (SSSR count). The van der Waals surface area contributed by atoms with Gasteiger partial charge < -0.3 is 14.7 Å². The maximum atomic E-state index is 8.88. The minimum Gasteiger partial charge on any atom is -0.303 e. The van der Waals surface area contributed by atoms with Crippen molar-refractivity contribution < 1.29 is 19.2 Å². The molecule has 4 nitrogen and oxygen atoms in total. The van der Waals surface area contributed by atoms with Crippen molar-refractivity contribution in [2.75, 3.05) is 0 Å². The lowest BCUT2D eigenvalue weighted by Gasteiger charge is -2.36. The Morgan fingerprint density at radius 1 is 0.600 bits per heavy atom. The van der Waals surface area contributed by atoms with Gasteiger partial charge in [-0.3, -0.25) is 0 Å². The number of hydrogen-bond acceptors (Lipinski definition) is 1. The smallest absolute Gasteiger partial charge is 0.303 e. The predicted molar refractivity (Wildman–Crippen MR) is 126 cm³/mol. The topological polar surface area (TPSA) is 77.8 Å². The van der Waals surface area contributed by atoms with Crippen molar-refractivity contribution in [2.24, 2.45) is 0 Å². The second-order valence-corrected chi connectivity index (χ2v) is 12.3. The van der Waals surface area contributed by atoms with Gasteiger partial charge in [-0.2, -0.15) is 0 Å². The van der Waals surface area contributed by atoms with E-state index in [1.165, 1.54) is 32.1 Å². The van der Waals surface area contributed by atoms with Crippen molar-refractivity contribution in [3.63, 3.8) is 0 Å². The fourth-order valence-electron chi connectivity index (χ4n) is 4.54. The van der Waals surface area contributed by atoms with Crippen LogP contribution in [0.25, 0.3) is 0 Å². The van der Waals surface area contributed by atoms with E-state index in [9.17, 15) is 0 Å². The lowest BCUT2D eigenvalue weighted by Crippen LogP contribution is -2.39. The molecule has 6 heteroatoms. The Morgan fingerprint density at radius 3 is 1.20 bits per heavy atom. The Bertz CT molecular complexity index is 832. The third-order valence-corrected chi connectivity index (χ3v) is 10.6. The maximum absolute atomic E-state index is 8.88. The highest BCUT2D eigenvalue weighted by atomic mass is 31.2. The number of benzene rings is 3. The summed E-state index contributed by atoms with van der Waals surface area (Å²) >= 11 is 0. The molecule has 0 saturated heterocycles. The van der Waals surface area contributed by atoms with Crippen molar-refractivity contribution in [3.8, 4) is 0 Å². The van der Waals surface area contributed by atoms with E-state index in [-0.39, 0.29) is 0 Å². The van der Waals surface area contributed by atoms with Crippen molar-refractivity contribution in [2.45, 2.75) is 37.8 Å². The molecular weight excluding hydrogens is 414 g/mol. The molecule has 30 heavy (non-hydrogen) atoms. The molecule has 3 N–H and O–H groups in total. The summed E-state index contributed by atoms with van der Waals surface area (Å²) in [5.74, 6) is 0. The second kappa shape index (κ2) is 10.5. The van der Waals surface area contributed by atoms with Crippen LogP contribution in [0.5, 0.6) is 0 Å². The summed E-state index contributed by atoms with van der Waals surface area (Å²) in [6.45, 7) is 0. The van der Waals surface area contributed by atoms with Crippen LogP contribution in [0.4, 0.5) is 0 Å². The molecule has 1 aliphatic rings. The second-order valence-electron chi connectivity index (χ2n) is 7.53. The van der Waals surface area contributed by atoms with Crippen LogP contribution in [0.1, 0.15) is 32.1 Å². The van der Waals surface area contributed by atoms with Gasteiger partial charge in [-0.05, 0) is 62.1 Å². The van der Waals surface area contributed by atoms with Gasteiger partial charge in [-0.15, -0.1) is 0 Å². The summed E-state index contributed by atoms with van der Waals surface area (Å²) in [6, 6.07) is 34.0. The maximum Gasteiger partial charge on any atom is 0.466 e. The molecule has 0 unspecified atom stereocenters. The molecule has 0 heterocycles. The van der Waals surface area contributed by atoms with E-state index in [4.69, 9.17) is 19.2 Å². The highest BCUT2D eigenvalue weighted by Crippen LogP contribution is 2.63. The van der Waals surface area contributed by atoms with Crippen LogP contribution in [0.3, 0.4) is 0 Å². The lowest BCUT2D eigenvalue weighted by atomic mass is 10.0. The average molecular weight is 443 g/mol. The fourth-order valence-corrected chi connectivity index (χ4v) is 9.76. The number of rotatable bonds is 4. The Morgan fingerprint density at radius 2 is 0.900 bits per heavy atom. The van der Waals surface area contributed by atoms with E-state index >= 15 is 0 Å². The molecule has 0 aliphatic heterocycles. The van der Waals surface area contributed by atoms with E-state index in [2.05, 4.69) is 91.0 Å². The number of hydrogen-bond donors (Lipinski definition) is 3. The van der Waals surface area contributed by atoms with Gasteiger partial charge >= 0.3 is 7.82 Å². The molecule has 3 aromatic carbocycles. The lowest BCUT2D eigenvalue weighted by molar-refractivity contribution is 0.275. The Kier molecular flexibility index (Phi) is 7.99. The summed E-state index contributed by atoms with van der Waals surface area (Å²) in [5.41, 5.74) is 0.758. The van der Waals surface area contributed by atoms with Crippen LogP contribution in [0, 0.1) is 0 Å². The van der Waals surface area contributed by atoms with Gasteiger partial charge in [0.25, 0.3) is 0 Å². The molecular formula is C24H29O4P2+. The quantitative estimate of drug-likeness (QED) is 0.523. The minimum absolute atomic E-state index is 0.758. The summed E-state index contributed by atoms with van der Waals surface area (Å²) in [6.07, 6.45) is 6.85. The summed E-state index contributed by atoms with van der Waals surface area (Å²) < 4.78 is 8.88. The van der Waals surface area contributed by atoms with Gasteiger partial charge in [-0.25, -0.2) is 4.57 Å². The normalized spacial score (nSPS) is 15.2. The Labute approximate surface area is 179 Å². The van der Waals surface area contributed by atoms with E-state index in [1.54, 1.807) is 15.9 Å². The Balaban J connectivity index is 0.000000461. The van der Waals surface area contributed by atoms with Gasteiger partial charge in [-0.1, -0.05) is 61.0 Å². The first-order valence-corrected chi connectivity index (χ1v) is 13.7. The third kappa shape index (κ3) is 5.66. The number of phosphoric acid groups is 1. The molecule has 0 spiro atoms. The molecule has 1 saturated carbocycles. The molecule has 1 aliphatic carbocycles. The summed E-state index contributed by atoms with van der Waals surface area (Å²) in [5, 5.41) is 4.62. The van der Waals surface area contributed by atoms with Gasteiger partial charge in [0.05, 0.1) is 5.66 Å². The van der Waals surface area contributed by atoms with Crippen LogP contribution in [0.2, 0.25) is 0 Å². The molecule has 0 aromatic heterocycles. The fraction of sp³-hybridized carbons (Fsp3) is 0.250. The first-order chi connectivity index (χ1) is 14.4. The summed E-state index contributed by atoms with van der Waals surface area (Å²) in [7, 11) is -6.27. The molecule has 1 fully saturated rings. The average Bonchev–Trinajstić information content (AvgIpc) is 2.76. The zero-order chi connectivity index (χ0) is 21.5. The van der Waals surface area contributed by atoms with E-state index in [0.29, 0.717) is 0 Å². The van der Waals surface area contributed by atoms with Crippen LogP contribution in [-0.2, 0) is 4.57 Å². The van der Waals surface area contributed by atoms with Crippen molar-refractivity contribution in [3.05, 3.63) is 91.0 Å². The highest BCUT2D eigenvalue weighted by Gasteiger charge is 2.51. The van der Waals surface area contributed by atoms with Crippen LogP contribution >= 0.6 is 15.1 Å². The van der Waals surface area contributed by atoms with Gasteiger partial charge in [0.1, 0.15) is 23.2 Å². The molecule has 158 valence electrons. The van der Waals surface area contributed by atoms with Gasteiger partial charge in [0.2, 0.25) is 0 Å². The van der Waals surface area contributed by atoms with E-state index < -0.39 is 15.1 Å². The third-order valence-electron chi connectivity index (χ3n) is 5.61. The molecule has 0 atom stereocenters. The predicted octanol–water partition coefficient (Wildman–Crippen LogP) is 4.38. The zero-order valence-corrected chi connectivity index (χ0v) is 18.7. The summed E-state index contributed by atoms with van der Waals surface area (Å²) in [4.78, 5) is 21.6. The first-order valence-electron chi connectivity index (χ1n) is 10.3. The van der Waals surface area contributed by atoms with Crippen LogP contribution < -0.4 is 15.9 Å². The molecule has 0 radical (unpaired) electrons. The minimum atomic E-state index is -4.64. The van der Waals surface area contributed by atoms with Crippen molar-refractivity contribution in [1.29, 1.82) is 0 Å². The van der Waals surface area contributed by atoms with E-state index in [1.807, 2.05) is 0 Å².